The summed E-state index contributed by atoms with van der Waals surface area (Å²) in [6.07, 6.45) is 1.69. The van der Waals surface area contributed by atoms with Gasteiger partial charge < -0.3 is 10.4 Å². The zero-order valence-electron chi connectivity index (χ0n) is 11.9. The third-order valence-electron chi connectivity index (χ3n) is 3.89. The van der Waals surface area contributed by atoms with E-state index in [1.54, 1.807) is 18.2 Å². The van der Waals surface area contributed by atoms with Crippen LogP contribution in [0.2, 0.25) is 5.02 Å². The van der Waals surface area contributed by atoms with Crippen molar-refractivity contribution in [1.82, 2.24) is 9.55 Å². The fourth-order valence-corrected chi connectivity index (χ4v) is 2.96. The summed E-state index contributed by atoms with van der Waals surface area (Å²) < 4.78 is 1.99. The number of aromatic nitrogens is 2. The number of nitrogens with zero attached hydrogens (tertiary/aromatic N) is 2. The molecule has 5 nitrogen and oxygen atoms in total. The second-order valence-corrected chi connectivity index (χ2v) is 5.74. The molecular weight excluding hydrogens is 314 g/mol. The summed E-state index contributed by atoms with van der Waals surface area (Å²) in [5.74, 6) is -0.492. The Balaban J connectivity index is 1.95. The van der Waals surface area contributed by atoms with Crippen LogP contribution < -0.4 is 5.32 Å². The Kier molecular flexibility index (Phi) is 3.09. The average molecular weight is 326 g/mol. The van der Waals surface area contributed by atoms with E-state index < -0.39 is 5.97 Å². The second-order valence-electron chi connectivity index (χ2n) is 5.30. The fourth-order valence-electron chi connectivity index (χ4n) is 2.84. The minimum Gasteiger partial charge on any atom is -0.477 e. The number of anilines is 1. The highest BCUT2D eigenvalue weighted by Gasteiger charge is 2.26. The number of nitrogens with one attached hydrogen (secondary N) is 1. The van der Waals surface area contributed by atoms with Crippen molar-refractivity contribution in [2.24, 2.45) is 0 Å². The molecule has 0 saturated heterocycles. The molecule has 1 aliphatic heterocycles. The highest BCUT2D eigenvalue weighted by atomic mass is 35.5. The SMILES string of the molecule is O=C(O)C1=CC(c2ccc(Cl)cc2)n2c(nc3ccccc32)N1. The van der Waals surface area contributed by atoms with E-state index in [0.717, 1.165) is 16.6 Å². The number of carboxylic acid groups (broad SMARTS) is 1. The number of allylic oxidation sites excluding steroid dienone is 1. The van der Waals surface area contributed by atoms with Crippen molar-refractivity contribution >= 4 is 34.6 Å². The van der Waals surface area contributed by atoms with Crippen molar-refractivity contribution < 1.29 is 9.90 Å². The first-order chi connectivity index (χ1) is 11.1. The maximum absolute atomic E-state index is 11.4. The molecular formula is C17H12ClN3O2. The minimum absolute atomic E-state index is 0.118. The summed E-state index contributed by atoms with van der Waals surface area (Å²) >= 11 is 5.96. The molecule has 0 saturated carbocycles. The van der Waals surface area contributed by atoms with Crippen molar-refractivity contribution in [1.29, 1.82) is 0 Å². The van der Waals surface area contributed by atoms with Gasteiger partial charge in [-0.05, 0) is 35.9 Å². The van der Waals surface area contributed by atoms with Gasteiger partial charge in [0.2, 0.25) is 5.95 Å². The lowest BCUT2D eigenvalue weighted by molar-refractivity contribution is -0.132. The van der Waals surface area contributed by atoms with E-state index in [-0.39, 0.29) is 11.7 Å². The van der Waals surface area contributed by atoms with Crippen LogP contribution >= 0.6 is 11.6 Å². The summed E-state index contributed by atoms with van der Waals surface area (Å²) in [7, 11) is 0. The predicted molar refractivity (Wildman–Crippen MR) is 88.7 cm³/mol. The Labute approximate surface area is 136 Å². The van der Waals surface area contributed by atoms with Gasteiger partial charge in [0.25, 0.3) is 0 Å². The number of rotatable bonds is 2. The predicted octanol–water partition coefficient (Wildman–Crippen LogP) is 3.67. The van der Waals surface area contributed by atoms with Crippen LogP contribution in [0.1, 0.15) is 11.6 Å². The maximum Gasteiger partial charge on any atom is 0.352 e. The van der Waals surface area contributed by atoms with E-state index in [9.17, 15) is 9.90 Å². The Morgan fingerprint density at radius 1 is 1.17 bits per heavy atom. The van der Waals surface area contributed by atoms with Gasteiger partial charge in [0.05, 0.1) is 17.1 Å². The van der Waals surface area contributed by atoms with Crippen molar-refractivity contribution in [3.8, 4) is 0 Å². The van der Waals surface area contributed by atoms with Gasteiger partial charge in [-0.3, -0.25) is 4.57 Å². The molecule has 1 aromatic heterocycles. The van der Waals surface area contributed by atoms with Gasteiger partial charge in [0.15, 0.2) is 0 Å². The van der Waals surface area contributed by atoms with Crippen LogP contribution in [0.15, 0.2) is 60.3 Å². The summed E-state index contributed by atoms with van der Waals surface area (Å²) in [5.41, 5.74) is 2.82. The maximum atomic E-state index is 11.4. The zero-order chi connectivity index (χ0) is 16.0. The number of imidazole rings is 1. The Bertz CT molecular complexity index is 944. The van der Waals surface area contributed by atoms with Gasteiger partial charge in [0, 0.05) is 5.02 Å². The van der Waals surface area contributed by atoms with E-state index in [4.69, 9.17) is 11.6 Å². The first kappa shape index (κ1) is 13.8. The van der Waals surface area contributed by atoms with Crippen LogP contribution in [0.3, 0.4) is 0 Å². The first-order valence-corrected chi connectivity index (χ1v) is 7.46. The van der Waals surface area contributed by atoms with Crippen LogP contribution in [0.4, 0.5) is 5.95 Å². The van der Waals surface area contributed by atoms with Crippen LogP contribution in [-0.4, -0.2) is 20.6 Å². The number of benzene rings is 2. The van der Waals surface area contributed by atoms with Crippen molar-refractivity contribution in [3.63, 3.8) is 0 Å². The largest absolute Gasteiger partial charge is 0.477 e. The molecule has 2 N–H and O–H groups in total. The quantitative estimate of drug-likeness (QED) is 0.754. The van der Waals surface area contributed by atoms with Crippen LogP contribution in [0, 0.1) is 0 Å². The second kappa shape index (κ2) is 5.14. The Hall–Kier alpha value is -2.79. The molecule has 3 aromatic rings. The zero-order valence-corrected chi connectivity index (χ0v) is 12.7. The lowest BCUT2D eigenvalue weighted by atomic mass is 10.0. The third-order valence-corrected chi connectivity index (χ3v) is 4.14. The van der Waals surface area contributed by atoms with Crippen LogP contribution in [-0.2, 0) is 4.79 Å². The fraction of sp³-hybridized carbons (Fsp3) is 0.0588. The standard InChI is InChI=1S/C17H12ClN3O2/c18-11-7-5-10(6-8-11)15-9-13(16(22)23)20-17-19-12-3-1-2-4-14(12)21(15)17/h1-9,15H,(H,19,20)(H,22,23). The van der Waals surface area contributed by atoms with Crippen LogP contribution in [0.25, 0.3) is 11.0 Å². The number of para-hydroxylation sites is 2. The number of hydrogen-bond donors (Lipinski definition) is 2. The highest BCUT2D eigenvalue weighted by molar-refractivity contribution is 6.30. The number of halogens is 1. The molecule has 0 fully saturated rings. The number of hydrogen-bond acceptors (Lipinski definition) is 3. The summed E-state index contributed by atoms with van der Waals surface area (Å²) in [5, 5.41) is 12.9. The first-order valence-electron chi connectivity index (χ1n) is 7.08. The van der Waals surface area contributed by atoms with Crippen molar-refractivity contribution in [3.05, 3.63) is 70.9 Å². The van der Waals surface area contributed by atoms with E-state index in [2.05, 4.69) is 10.3 Å². The number of aliphatic carboxylic acids is 1. The molecule has 0 spiro atoms. The summed E-state index contributed by atoms with van der Waals surface area (Å²) in [4.78, 5) is 15.9. The molecule has 0 aliphatic carbocycles. The van der Waals surface area contributed by atoms with Gasteiger partial charge in [-0.1, -0.05) is 35.9 Å². The van der Waals surface area contributed by atoms with E-state index in [0.29, 0.717) is 11.0 Å². The molecule has 1 atom stereocenters. The normalized spacial score (nSPS) is 16.6. The average Bonchev–Trinajstić information content (AvgIpc) is 2.93. The molecule has 4 rings (SSSR count). The molecule has 1 aliphatic rings. The smallest absolute Gasteiger partial charge is 0.352 e. The number of fused-ring (bicyclic) bond motifs is 3. The number of carbonyl (C=O) groups is 1. The third kappa shape index (κ3) is 2.26. The molecule has 2 heterocycles. The minimum atomic E-state index is -1.01. The molecule has 2 aromatic carbocycles. The topological polar surface area (TPSA) is 67.1 Å². The Morgan fingerprint density at radius 2 is 1.91 bits per heavy atom. The van der Waals surface area contributed by atoms with Gasteiger partial charge in [-0.2, -0.15) is 0 Å². The Morgan fingerprint density at radius 3 is 2.65 bits per heavy atom. The summed E-state index contributed by atoms with van der Waals surface area (Å²) in [6, 6.07) is 14.8. The van der Waals surface area contributed by atoms with Gasteiger partial charge in [0.1, 0.15) is 5.70 Å². The van der Waals surface area contributed by atoms with Crippen molar-refractivity contribution in [2.45, 2.75) is 6.04 Å². The molecule has 1 unspecified atom stereocenters. The van der Waals surface area contributed by atoms with E-state index >= 15 is 0 Å². The molecule has 0 bridgehead atoms. The number of carboxylic acids is 1. The van der Waals surface area contributed by atoms with Gasteiger partial charge in [-0.25, -0.2) is 9.78 Å². The molecule has 23 heavy (non-hydrogen) atoms. The molecule has 114 valence electrons. The molecule has 6 heteroatoms. The molecule has 0 radical (unpaired) electrons. The highest BCUT2D eigenvalue weighted by Crippen LogP contribution is 2.34. The van der Waals surface area contributed by atoms with Crippen molar-refractivity contribution in [2.75, 3.05) is 5.32 Å². The monoisotopic (exact) mass is 325 g/mol. The van der Waals surface area contributed by atoms with Gasteiger partial charge in [-0.15, -0.1) is 0 Å². The lowest BCUT2D eigenvalue weighted by Gasteiger charge is -2.25. The van der Waals surface area contributed by atoms with Gasteiger partial charge >= 0.3 is 5.97 Å². The van der Waals surface area contributed by atoms with E-state index in [1.807, 2.05) is 41.0 Å². The van der Waals surface area contributed by atoms with Crippen LogP contribution in [0.5, 0.6) is 0 Å². The molecule has 0 amide bonds. The lowest BCUT2D eigenvalue weighted by Crippen LogP contribution is -2.23. The van der Waals surface area contributed by atoms with E-state index in [1.165, 1.54) is 0 Å². The summed E-state index contributed by atoms with van der Waals surface area (Å²) in [6.45, 7) is 0.